The van der Waals surface area contributed by atoms with Crippen molar-refractivity contribution in [3.05, 3.63) is 63.2 Å². The van der Waals surface area contributed by atoms with Crippen molar-refractivity contribution in [2.24, 2.45) is 0 Å². The lowest BCUT2D eigenvalue weighted by atomic mass is 9.86. The van der Waals surface area contributed by atoms with Crippen LogP contribution in [0, 0.1) is 13.8 Å². The van der Waals surface area contributed by atoms with Gasteiger partial charge in [-0.1, -0.05) is 36.2 Å². The number of rotatable bonds is 9. The van der Waals surface area contributed by atoms with Gasteiger partial charge in [0.2, 0.25) is 15.9 Å². The molecule has 2 atom stereocenters. The second-order valence-electron chi connectivity index (χ2n) is 10.1. The molecule has 0 unspecified atom stereocenters. The Labute approximate surface area is 214 Å². The Morgan fingerprint density at radius 2 is 1.86 bits per heavy atom. The van der Waals surface area contributed by atoms with Crippen molar-refractivity contribution in [1.82, 2.24) is 15.4 Å². The van der Waals surface area contributed by atoms with Gasteiger partial charge in [-0.05, 0) is 92.8 Å². The van der Waals surface area contributed by atoms with Gasteiger partial charge < -0.3 is 10.6 Å². The highest BCUT2D eigenvalue weighted by Crippen LogP contribution is 2.31. The average molecular weight is 518 g/mol. The molecule has 1 saturated carbocycles. The van der Waals surface area contributed by atoms with E-state index in [1.807, 2.05) is 0 Å². The number of amides is 1. The first-order chi connectivity index (χ1) is 16.6. The summed E-state index contributed by atoms with van der Waals surface area (Å²) in [5, 5.41) is 7.29. The van der Waals surface area contributed by atoms with Crippen molar-refractivity contribution < 1.29 is 13.2 Å². The van der Waals surface area contributed by atoms with E-state index in [9.17, 15) is 13.2 Å². The number of benzene rings is 2. The summed E-state index contributed by atoms with van der Waals surface area (Å²) in [6, 6.07) is 9.87. The summed E-state index contributed by atoms with van der Waals surface area (Å²) in [6.07, 6.45) is 6.87. The standard InChI is InChI=1S/C27H36ClN3O3S/c1-17-13-26(18(2)12-24(17)28)35(33,34)31-19(3)14-27(32)30-25-9-4-6-21-15-20(10-11-23(21)25)16-29-22-7-5-8-22/h10-13,15,19,22,25,29,31H,4-9,14,16H2,1-3H3,(H,30,32)/t19-,25+/m0/s1. The number of halogens is 1. The maximum Gasteiger partial charge on any atom is 0.241 e. The monoisotopic (exact) mass is 517 g/mol. The van der Waals surface area contributed by atoms with E-state index >= 15 is 0 Å². The quantitative estimate of drug-likeness (QED) is 0.443. The van der Waals surface area contributed by atoms with Crippen LogP contribution in [0.3, 0.4) is 0 Å². The number of sulfonamides is 1. The number of hydrogen-bond acceptors (Lipinski definition) is 4. The molecule has 190 valence electrons. The minimum Gasteiger partial charge on any atom is -0.349 e. The van der Waals surface area contributed by atoms with Crippen molar-refractivity contribution in [2.75, 3.05) is 0 Å². The van der Waals surface area contributed by atoms with Gasteiger partial charge in [0.05, 0.1) is 10.9 Å². The number of nitrogens with one attached hydrogen (secondary N) is 3. The molecule has 0 saturated heterocycles. The van der Waals surface area contributed by atoms with E-state index in [0.29, 0.717) is 22.2 Å². The van der Waals surface area contributed by atoms with Crippen LogP contribution in [-0.4, -0.2) is 26.4 Å². The topological polar surface area (TPSA) is 87.3 Å². The van der Waals surface area contributed by atoms with Gasteiger partial charge in [-0.15, -0.1) is 0 Å². The Morgan fingerprint density at radius 1 is 1.09 bits per heavy atom. The molecular formula is C27H36ClN3O3S. The van der Waals surface area contributed by atoms with Gasteiger partial charge in [-0.2, -0.15) is 0 Å². The summed E-state index contributed by atoms with van der Waals surface area (Å²) in [5.41, 5.74) is 5.04. The summed E-state index contributed by atoms with van der Waals surface area (Å²) < 4.78 is 28.5. The van der Waals surface area contributed by atoms with Gasteiger partial charge in [0.15, 0.2) is 0 Å². The van der Waals surface area contributed by atoms with Crippen LogP contribution < -0.4 is 15.4 Å². The summed E-state index contributed by atoms with van der Waals surface area (Å²) in [5.74, 6) is -0.155. The molecule has 2 aliphatic rings. The van der Waals surface area contributed by atoms with Crippen molar-refractivity contribution in [2.45, 2.75) is 95.3 Å². The van der Waals surface area contributed by atoms with Crippen molar-refractivity contribution >= 4 is 27.5 Å². The van der Waals surface area contributed by atoms with E-state index in [-0.39, 0.29) is 23.3 Å². The molecule has 6 nitrogen and oxygen atoms in total. The minimum atomic E-state index is -3.77. The summed E-state index contributed by atoms with van der Waals surface area (Å²) >= 11 is 6.11. The van der Waals surface area contributed by atoms with E-state index in [0.717, 1.165) is 25.8 Å². The van der Waals surface area contributed by atoms with Crippen LogP contribution in [0.15, 0.2) is 35.2 Å². The molecule has 0 aliphatic heterocycles. The summed E-state index contributed by atoms with van der Waals surface area (Å²) in [4.78, 5) is 13.0. The van der Waals surface area contributed by atoms with Crippen LogP contribution in [0.4, 0.5) is 0 Å². The molecule has 2 aliphatic carbocycles. The second-order valence-corrected chi connectivity index (χ2v) is 12.2. The predicted octanol–water partition coefficient (Wildman–Crippen LogP) is 4.85. The molecule has 2 aromatic rings. The van der Waals surface area contributed by atoms with Crippen LogP contribution in [-0.2, 0) is 27.8 Å². The minimum absolute atomic E-state index is 0.0372. The van der Waals surface area contributed by atoms with E-state index < -0.39 is 16.1 Å². The summed E-state index contributed by atoms with van der Waals surface area (Å²) in [7, 11) is -3.77. The van der Waals surface area contributed by atoms with Crippen LogP contribution in [0.5, 0.6) is 0 Å². The first kappa shape index (κ1) is 26.1. The predicted molar refractivity (Wildman–Crippen MR) is 140 cm³/mol. The fourth-order valence-electron chi connectivity index (χ4n) is 4.95. The van der Waals surface area contributed by atoms with E-state index in [1.54, 1.807) is 32.9 Å². The molecule has 0 bridgehead atoms. The number of carbonyl (C=O) groups excluding carboxylic acids is 1. The molecule has 0 radical (unpaired) electrons. The molecule has 1 amide bonds. The molecule has 0 aromatic heterocycles. The van der Waals surface area contributed by atoms with E-state index in [1.165, 1.54) is 36.0 Å². The molecule has 2 aromatic carbocycles. The largest absolute Gasteiger partial charge is 0.349 e. The van der Waals surface area contributed by atoms with Gasteiger partial charge in [0.25, 0.3) is 0 Å². The molecule has 35 heavy (non-hydrogen) atoms. The molecular weight excluding hydrogens is 482 g/mol. The van der Waals surface area contributed by atoms with Crippen molar-refractivity contribution in [3.63, 3.8) is 0 Å². The third kappa shape index (κ3) is 6.45. The highest BCUT2D eigenvalue weighted by Gasteiger charge is 2.25. The highest BCUT2D eigenvalue weighted by atomic mass is 35.5. The van der Waals surface area contributed by atoms with Crippen molar-refractivity contribution in [1.29, 1.82) is 0 Å². The zero-order chi connectivity index (χ0) is 25.2. The smallest absolute Gasteiger partial charge is 0.241 e. The van der Waals surface area contributed by atoms with Crippen LogP contribution in [0.1, 0.15) is 79.3 Å². The van der Waals surface area contributed by atoms with E-state index in [2.05, 4.69) is 33.6 Å². The number of fused-ring (bicyclic) bond motifs is 1. The van der Waals surface area contributed by atoms with Gasteiger partial charge >= 0.3 is 0 Å². The van der Waals surface area contributed by atoms with Gasteiger partial charge in [0, 0.05) is 30.1 Å². The average Bonchev–Trinajstić information content (AvgIpc) is 2.74. The second kappa shape index (κ2) is 11.0. The molecule has 3 N–H and O–H groups in total. The maximum atomic E-state index is 12.9. The van der Waals surface area contributed by atoms with Crippen molar-refractivity contribution in [3.8, 4) is 0 Å². The van der Waals surface area contributed by atoms with Crippen LogP contribution in [0.2, 0.25) is 5.02 Å². The Hall–Kier alpha value is -1.93. The zero-order valence-electron chi connectivity index (χ0n) is 20.8. The Morgan fingerprint density at radius 3 is 2.57 bits per heavy atom. The van der Waals surface area contributed by atoms with Gasteiger partial charge in [-0.3, -0.25) is 4.79 Å². The molecule has 0 spiro atoms. The Kier molecular flexibility index (Phi) is 8.21. The van der Waals surface area contributed by atoms with Crippen LogP contribution >= 0.6 is 11.6 Å². The lowest BCUT2D eigenvalue weighted by Crippen LogP contribution is -2.39. The third-order valence-corrected chi connectivity index (χ3v) is 9.29. The zero-order valence-corrected chi connectivity index (χ0v) is 22.4. The lowest BCUT2D eigenvalue weighted by Gasteiger charge is -2.29. The number of carbonyl (C=O) groups is 1. The molecule has 8 heteroatoms. The first-order valence-corrected chi connectivity index (χ1v) is 14.4. The molecule has 1 fully saturated rings. The fourth-order valence-corrected chi connectivity index (χ4v) is 6.72. The first-order valence-electron chi connectivity index (χ1n) is 12.6. The lowest BCUT2D eigenvalue weighted by molar-refractivity contribution is -0.122. The SMILES string of the molecule is Cc1cc(S(=O)(=O)N[C@@H](C)CC(=O)N[C@@H]2CCCc3cc(CNC4CCC4)ccc32)c(C)cc1Cl. The number of hydrogen-bond donors (Lipinski definition) is 3. The Bertz CT molecular complexity index is 1190. The molecule has 4 rings (SSSR count). The highest BCUT2D eigenvalue weighted by molar-refractivity contribution is 7.89. The third-order valence-electron chi connectivity index (χ3n) is 7.15. The Balaban J connectivity index is 1.35. The van der Waals surface area contributed by atoms with E-state index in [4.69, 9.17) is 11.6 Å². The normalized spacial score (nSPS) is 19.0. The van der Waals surface area contributed by atoms with Crippen LogP contribution in [0.25, 0.3) is 0 Å². The maximum absolute atomic E-state index is 12.9. The summed E-state index contributed by atoms with van der Waals surface area (Å²) in [6.45, 7) is 6.09. The van der Waals surface area contributed by atoms with Gasteiger partial charge in [-0.25, -0.2) is 13.1 Å². The fraction of sp³-hybridized carbons (Fsp3) is 0.519. The van der Waals surface area contributed by atoms with Gasteiger partial charge in [0.1, 0.15) is 0 Å². The number of aryl methyl sites for hydroxylation is 3. The molecule has 0 heterocycles.